The van der Waals surface area contributed by atoms with Crippen LogP contribution in [0.3, 0.4) is 0 Å². The first-order valence-electron chi connectivity index (χ1n) is 13.5. The van der Waals surface area contributed by atoms with Crippen molar-refractivity contribution >= 4 is 23.4 Å². The zero-order chi connectivity index (χ0) is 29.0. The number of carbonyl (C=O) groups is 3. The molecule has 2 N–H and O–H groups in total. The predicted octanol–water partition coefficient (Wildman–Crippen LogP) is 0.355. The van der Waals surface area contributed by atoms with Gasteiger partial charge in [0.1, 0.15) is 18.8 Å². The zero-order valence-corrected chi connectivity index (χ0v) is 23.7. The van der Waals surface area contributed by atoms with Crippen molar-refractivity contribution in [3.8, 4) is 11.5 Å². The SMILES string of the molecule is CCOC(=O)c1[nH]c(C)c(/C([O-])=C2\C(=O)C(=O)N(CCC[NH+]3CCOCC3)C2c2cccc(OC)c2OC)c1C. The van der Waals surface area contributed by atoms with E-state index in [1.54, 1.807) is 39.0 Å². The van der Waals surface area contributed by atoms with E-state index in [1.807, 2.05) is 0 Å². The Hall–Kier alpha value is -3.83. The number of quaternary nitrogens is 1. The van der Waals surface area contributed by atoms with Gasteiger partial charge in [-0.05, 0) is 38.0 Å². The molecule has 3 heterocycles. The summed E-state index contributed by atoms with van der Waals surface area (Å²) >= 11 is 0. The molecule has 2 aliphatic heterocycles. The number of esters is 1. The number of methoxy groups -OCH3 is 2. The highest BCUT2D eigenvalue weighted by Gasteiger charge is 2.46. The van der Waals surface area contributed by atoms with E-state index in [0.717, 1.165) is 19.6 Å². The number of hydrogen-bond acceptors (Lipinski definition) is 8. The molecule has 0 aliphatic carbocycles. The van der Waals surface area contributed by atoms with Crippen molar-refractivity contribution < 1.29 is 43.3 Å². The summed E-state index contributed by atoms with van der Waals surface area (Å²) in [6.45, 7) is 9.34. The van der Waals surface area contributed by atoms with Crippen LogP contribution in [0.15, 0.2) is 23.8 Å². The van der Waals surface area contributed by atoms with E-state index in [4.69, 9.17) is 18.9 Å². The summed E-state index contributed by atoms with van der Waals surface area (Å²) in [6.07, 6.45) is 0.633. The van der Waals surface area contributed by atoms with Gasteiger partial charge in [-0.2, -0.15) is 0 Å². The maximum Gasteiger partial charge on any atom is 0.355 e. The van der Waals surface area contributed by atoms with Crippen molar-refractivity contribution in [1.29, 1.82) is 0 Å². The van der Waals surface area contributed by atoms with Crippen molar-refractivity contribution in [1.82, 2.24) is 9.88 Å². The maximum absolute atomic E-state index is 14.1. The van der Waals surface area contributed by atoms with Crippen LogP contribution in [0, 0.1) is 13.8 Å². The highest BCUT2D eigenvalue weighted by atomic mass is 16.5. The molecule has 2 aliphatic rings. The summed E-state index contributed by atoms with van der Waals surface area (Å²) in [5.41, 5.74) is 1.37. The van der Waals surface area contributed by atoms with Crippen molar-refractivity contribution in [2.45, 2.75) is 33.2 Å². The summed E-state index contributed by atoms with van der Waals surface area (Å²) in [4.78, 5) is 45.3. The molecule has 4 rings (SSSR count). The Morgan fingerprint density at radius 1 is 1.18 bits per heavy atom. The van der Waals surface area contributed by atoms with Crippen molar-refractivity contribution in [2.75, 3.05) is 60.2 Å². The van der Waals surface area contributed by atoms with Gasteiger partial charge < -0.3 is 38.8 Å². The molecule has 1 atom stereocenters. The lowest BCUT2D eigenvalue weighted by molar-refractivity contribution is -0.908. The van der Waals surface area contributed by atoms with Gasteiger partial charge in [-0.3, -0.25) is 9.59 Å². The number of likely N-dealkylation sites (tertiary alicyclic amines) is 1. The zero-order valence-electron chi connectivity index (χ0n) is 23.7. The second-order valence-corrected chi connectivity index (χ2v) is 9.87. The Balaban J connectivity index is 1.82. The molecule has 1 aromatic heterocycles. The molecule has 1 aromatic carbocycles. The van der Waals surface area contributed by atoms with Crippen LogP contribution in [0.4, 0.5) is 0 Å². The number of ketones is 1. The fourth-order valence-corrected chi connectivity index (χ4v) is 5.59. The number of para-hydroxylation sites is 1. The Morgan fingerprint density at radius 2 is 1.90 bits per heavy atom. The number of rotatable bonds is 10. The quantitative estimate of drug-likeness (QED) is 0.186. The van der Waals surface area contributed by atoms with Gasteiger partial charge in [0.2, 0.25) is 5.78 Å². The van der Waals surface area contributed by atoms with E-state index in [9.17, 15) is 19.5 Å². The smallest absolute Gasteiger partial charge is 0.355 e. The molecule has 0 saturated carbocycles. The van der Waals surface area contributed by atoms with Gasteiger partial charge in [-0.1, -0.05) is 17.9 Å². The summed E-state index contributed by atoms with van der Waals surface area (Å²) < 4.78 is 21.7. The van der Waals surface area contributed by atoms with Crippen LogP contribution in [0.1, 0.15) is 52.3 Å². The number of Topliss-reactive ketones (excluding diaryl/α,β-unsaturated/α-hetero) is 1. The molecule has 11 nitrogen and oxygen atoms in total. The first-order chi connectivity index (χ1) is 19.2. The molecule has 11 heteroatoms. The number of H-pyrrole nitrogens is 1. The van der Waals surface area contributed by atoms with Gasteiger partial charge in [0.15, 0.2) is 11.5 Å². The number of benzene rings is 1. The minimum atomic E-state index is -0.989. The molecular weight excluding hydrogens is 518 g/mol. The van der Waals surface area contributed by atoms with Crippen LogP contribution in [-0.2, 0) is 19.1 Å². The van der Waals surface area contributed by atoms with Crippen molar-refractivity contribution in [3.05, 3.63) is 51.9 Å². The van der Waals surface area contributed by atoms with E-state index in [1.165, 1.54) is 24.0 Å². The van der Waals surface area contributed by atoms with Gasteiger partial charge in [-0.25, -0.2) is 4.79 Å². The normalized spacial score (nSPS) is 19.2. The number of aryl methyl sites for hydroxylation is 1. The maximum atomic E-state index is 14.1. The monoisotopic (exact) mass is 555 g/mol. The standard InChI is InChI=1S/C29H37N3O8/c1-6-40-29(36)23-17(2)21(18(3)30-23)25(33)22-24(19-9-7-10-20(37-4)27(19)38-5)32(28(35)26(22)34)12-8-11-31-13-15-39-16-14-31/h7,9-10,24,30,33H,6,8,11-16H2,1-5H3/b25-22+. The second kappa shape index (κ2) is 12.6. The Morgan fingerprint density at radius 3 is 2.55 bits per heavy atom. The van der Waals surface area contributed by atoms with Crippen LogP contribution in [0.2, 0.25) is 0 Å². The third-order valence-electron chi connectivity index (χ3n) is 7.53. The average Bonchev–Trinajstić information content (AvgIpc) is 3.39. The van der Waals surface area contributed by atoms with E-state index >= 15 is 0 Å². The average molecular weight is 556 g/mol. The minimum Gasteiger partial charge on any atom is -0.872 e. The van der Waals surface area contributed by atoms with Crippen LogP contribution in [0.25, 0.3) is 5.76 Å². The lowest BCUT2D eigenvalue weighted by atomic mass is 9.93. The van der Waals surface area contributed by atoms with Crippen LogP contribution < -0.4 is 19.5 Å². The fraction of sp³-hybridized carbons (Fsp3) is 0.483. The number of morpholine rings is 1. The molecule has 0 radical (unpaired) electrons. The molecule has 40 heavy (non-hydrogen) atoms. The van der Waals surface area contributed by atoms with E-state index in [-0.39, 0.29) is 30.0 Å². The van der Waals surface area contributed by atoms with E-state index < -0.39 is 29.5 Å². The second-order valence-electron chi connectivity index (χ2n) is 9.87. The van der Waals surface area contributed by atoms with Gasteiger partial charge >= 0.3 is 5.97 Å². The highest BCUT2D eigenvalue weighted by molar-refractivity contribution is 6.46. The van der Waals surface area contributed by atoms with E-state index in [0.29, 0.717) is 48.0 Å². The first-order valence-corrected chi connectivity index (χ1v) is 13.5. The molecule has 1 amide bonds. The summed E-state index contributed by atoms with van der Waals surface area (Å²) in [5.74, 6) is -2.07. The molecule has 1 unspecified atom stereocenters. The van der Waals surface area contributed by atoms with Crippen LogP contribution >= 0.6 is 0 Å². The van der Waals surface area contributed by atoms with Crippen LogP contribution in [0.5, 0.6) is 11.5 Å². The largest absolute Gasteiger partial charge is 0.872 e. The minimum absolute atomic E-state index is 0.140. The molecule has 2 saturated heterocycles. The topological polar surface area (TPSA) is 135 Å². The summed E-state index contributed by atoms with van der Waals surface area (Å²) in [5, 5.41) is 14.1. The first kappa shape index (κ1) is 29.2. The molecule has 0 bridgehead atoms. The van der Waals surface area contributed by atoms with Gasteiger partial charge in [0, 0.05) is 29.8 Å². The molecular formula is C29H37N3O8. The molecule has 2 fully saturated rings. The third-order valence-corrected chi connectivity index (χ3v) is 7.53. The number of amides is 1. The number of ether oxygens (including phenoxy) is 4. The van der Waals surface area contributed by atoms with Crippen LogP contribution in [-0.4, -0.2) is 87.8 Å². The third kappa shape index (κ3) is 5.44. The van der Waals surface area contributed by atoms with E-state index in [2.05, 4.69) is 4.98 Å². The van der Waals surface area contributed by atoms with Gasteiger partial charge in [-0.15, -0.1) is 0 Å². The number of nitrogens with zero attached hydrogens (tertiary/aromatic N) is 1. The fourth-order valence-electron chi connectivity index (χ4n) is 5.59. The molecule has 0 spiro atoms. The molecule has 2 aromatic rings. The Labute approximate surface area is 233 Å². The Kier molecular flexibility index (Phi) is 9.16. The lowest BCUT2D eigenvalue weighted by Gasteiger charge is -2.30. The molecule has 216 valence electrons. The number of carbonyl (C=O) groups excluding carboxylic acids is 3. The number of nitrogens with one attached hydrogen (secondary N) is 2. The summed E-state index contributed by atoms with van der Waals surface area (Å²) in [7, 11) is 2.97. The van der Waals surface area contributed by atoms with Gasteiger partial charge in [0.05, 0.1) is 46.6 Å². The lowest BCUT2D eigenvalue weighted by Crippen LogP contribution is -3.14. The van der Waals surface area contributed by atoms with Crippen molar-refractivity contribution in [2.24, 2.45) is 0 Å². The number of aromatic nitrogens is 1. The number of aromatic amines is 1. The number of hydrogen-bond donors (Lipinski definition) is 2. The summed E-state index contributed by atoms with van der Waals surface area (Å²) in [6, 6.07) is 4.18. The highest BCUT2D eigenvalue weighted by Crippen LogP contribution is 2.45. The van der Waals surface area contributed by atoms with Crippen molar-refractivity contribution in [3.63, 3.8) is 0 Å². The van der Waals surface area contributed by atoms with Gasteiger partial charge in [0.25, 0.3) is 5.91 Å². The predicted molar refractivity (Wildman–Crippen MR) is 143 cm³/mol. The Bertz CT molecular complexity index is 1310.